The minimum atomic E-state index is -5.14. The molecule has 0 radical (unpaired) electrons. The van der Waals surface area contributed by atoms with Gasteiger partial charge in [-0.1, -0.05) is 30.3 Å². The number of hydrogen-bond acceptors (Lipinski definition) is 4. The Kier molecular flexibility index (Phi) is 4.81. The van der Waals surface area contributed by atoms with Crippen LogP contribution in [0.1, 0.15) is 18.5 Å². The topological polar surface area (TPSA) is 70.6 Å². The summed E-state index contributed by atoms with van der Waals surface area (Å²) < 4.78 is 45.0. The zero-order valence-corrected chi connectivity index (χ0v) is 12.9. The molecule has 0 amide bonds. The van der Waals surface area contributed by atoms with Crippen molar-refractivity contribution in [2.45, 2.75) is 24.9 Å². The highest BCUT2D eigenvalue weighted by atomic mass is 32.1. The number of hydrogen-bond donors (Lipinski definition) is 3. The number of nitrogens with one attached hydrogen (secondary N) is 2. The Hall–Kier alpha value is -1.87. The van der Waals surface area contributed by atoms with Gasteiger partial charge in [0.25, 0.3) is 5.72 Å². The van der Waals surface area contributed by atoms with E-state index in [0.717, 1.165) is 0 Å². The third kappa shape index (κ3) is 3.25. The van der Waals surface area contributed by atoms with Crippen LogP contribution in [-0.2, 0) is 9.53 Å². The molecule has 0 saturated carbocycles. The van der Waals surface area contributed by atoms with E-state index in [1.165, 1.54) is 19.1 Å². The molecule has 1 aromatic carbocycles. The first-order chi connectivity index (χ1) is 10.7. The van der Waals surface area contributed by atoms with Crippen LogP contribution in [0.3, 0.4) is 0 Å². The number of aliphatic hydroxyl groups is 1. The summed E-state index contributed by atoms with van der Waals surface area (Å²) in [4.78, 5) is 12.1. The van der Waals surface area contributed by atoms with Crippen LogP contribution in [0.5, 0.6) is 0 Å². The lowest BCUT2D eigenvalue weighted by molar-refractivity contribution is -0.292. The Bertz CT molecular complexity index is 597. The van der Waals surface area contributed by atoms with Crippen molar-refractivity contribution in [1.29, 1.82) is 0 Å². The van der Waals surface area contributed by atoms with E-state index in [1.807, 2.05) is 0 Å². The van der Waals surface area contributed by atoms with Gasteiger partial charge in [0.15, 0.2) is 5.11 Å². The number of carbonyl (C=O) groups is 1. The minimum absolute atomic E-state index is 0.116. The number of halogens is 3. The summed E-state index contributed by atoms with van der Waals surface area (Å²) in [5, 5.41) is 14.2. The fourth-order valence-electron chi connectivity index (χ4n) is 2.47. The standard InChI is InChI=1S/C14H15F3N2O3S/c1-2-22-11(20)9-10(8-6-4-3-5-7-8)18-12(23)19-13(9,21)14(15,16)17/h3-7,9-10,21H,2H2,1H3,(H2,18,19,23)/t9-,10+,13-/m1/s1. The van der Waals surface area contributed by atoms with Gasteiger partial charge >= 0.3 is 12.1 Å². The second-order valence-corrected chi connectivity index (χ2v) is 5.39. The maximum Gasteiger partial charge on any atom is 0.437 e. The van der Waals surface area contributed by atoms with Gasteiger partial charge in [0.05, 0.1) is 12.6 Å². The highest BCUT2D eigenvalue weighted by Crippen LogP contribution is 2.42. The fraction of sp³-hybridized carbons (Fsp3) is 0.429. The van der Waals surface area contributed by atoms with E-state index >= 15 is 0 Å². The Morgan fingerprint density at radius 1 is 1.39 bits per heavy atom. The number of carbonyl (C=O) groups excluding carboxylic acids is 1. The van der Waals surface area contributed by atoms with E-state index in [2.05, 4.69) is 5.32 Å². The molecule has 1 saturated heterocycles. The van der Waals surface area contributed by atoms with Gasteiger partial charge in [0, 0.05) is 0 Å². The molecule has 0 bridgehead atoms. The molecule has 3 atom stereocenters. The van der Waals surface area contributed by atoms with E-state index in [1.54, 1.807) is 23.5 Å². The maximum absolute atomic E-state index is 13.4. The average molecular weight is 348 g/mol. The first-order valence-corrected chi connectivity index (χ1v) is 7.21. The summed E-state index contributed by atoms with van der Waals surface area (Å²) in [5.41, 5.74) is -3.15. The summed E-state index contributed by atoms with van der Waals surface area (Å²) in [6.07, 6.45) is -5.14. The number of esters is 1. The van der Waals surface area contributed by atoms with Crippen molar-refractivity contribution in [3.05, 3.63) is 35.9 Å². The van der Waals surface area contributed by atoms with Gasteiger partial charge in [-0.05, 0) is 24.7 Å². The number of benzene rings is 1. The molecule has 0 unspecified atom stereocenters. The van der Waals surface area contributed by atoms with Crippen molar-refractivity contribution in [2.24, 2.45) is 5.92 Å². The van der Waals surface area contributed by atoms with Gasteiger partial charge in [-0.2, -0.15) is 13.2 Å². The van der Waals surface area contributed by atoms with E-state index in [9.17, 15) is 23.1 Å². The molecule has 1 fully saturated rings. The smallest absolute Gasteiger partial charge is 0.437 e. The predicted octanol–water partition coefficient (Wildman–Crippen LogP) is 1.64. The van der Waals surface area contributed by atoms with E-state index in [-0.39, 0.29) is 6.61 Å². The molecular formula is C14H15F3N2O3S. The van der Waals surface area contributed by atoms with Crippen molar-refractivity contribution in [1.82, 2.24) is 10.6 Å². The lowest BCUT2D eigenvalue weighted by Crippen LogP contribution is -2.73. The first-order valence-electron chi connectivity index (χ1n) is 6.80. The molecule has 9 heteroatoms. The number of alkyl halides is 3. The Balaban J connectivity index is 2.54. The average Bonchev–Trinajstić information content (AvgIpc) is 2.46. The summed E-state index contributed by atoms with van der Waals surface area (Å²) in [7, 11) is 0. The monoisotopic (exact) mass is 348 g/mol. The second kappa shape index (κ2) is 6.32. The molecular weight excluding hydrogens is 333 g/mol. The van der Waals surface area contributed by atoms with Gasteiger partial charge in [0.2, 0.25) is 0 Å². The van der Waals surface area contributed by atoms with Gasteiger partial charge in [0.1, 0.15) is 5.92 Å². The second-order valence-electron chi connectivity index (χ2n) is 4.98. The normalized spacial score (nSPS) is 27.8. The van der Waals surface area contributed by atoms with E-state index < -0.39 is 34.9 Å². The Labute approximate surface area is 135 Å². The van der Waals surface area contributed by atoms with Gasteiger partial charge < -0.3 is 20.5 Å². The van der Waals surface area contributed by atoms with Crippen molar-refractivity contribution < 1.29 is 27.8 Å². The lowest BCUT2D eigenvalue weighted by atomic mass is 9.82. The van der Waals surface area contributed by atoms with E-state index in [0.29, 0.717) is 5.56 Å². The first kappa shape index (κ1) is 17.5. The SMILES string of the molecule is CCOC(=O)[C@H]1[C@H](c2ccccc2)NC(=S)N[C@]1(O)C(F)(F)F. The van der Waals surface area contributed by atoms with Crippen LogP contribution in [0, 0.1) is 5.92 Å². The van der Waals surface area contributed by atoms with Crippen LogP contribution in [-0.4, -0.2) is 34.7 Å². The largest absolute Gasteiger partial charge is 0.466 e. The Morgan fingerprint density at radius 2 is 2.00 bits per heavy atom. The predicted molar refractivity (Wildman–Crippen MR) is 79.2 cm³/mol. The van der Waals surface area contributed by atoms with Gasteiger partial charge in [-0.15, -0.1) is 0 Å². The molecule has 1 aliphatic rings. The third-order valence-electron chi connectivity index (χ3n) is 3.51. The summed E-state index contributed by atoms with van der Waals surface area (Å²) in [5.74, 6) is -3.14. The quantitative estimate of drug-likeness (QED) is 0.570. The highest BCUT2D eigenvalue weighted by Gasteiger charge is 2.66. The molecule has 2 rings (SSSR count). The van der Waals surface area contributed by atoms with Crippen LogP contribution < -0.4 is 10.6 Å². The molecule has 126 valence electrons. The van der Waals surface area contributed by atoms with Crippen molar-refractivity contribution >= 4 is 23.3 Å². The highest BCUT2D eigenvalue weighted by molar-refractivity contribution is 7.80. The molecule has 1 heterocycles. The van der Waals surface area contributed by atoms with Gasteiger partial charge in [-0.3, -0.25) is 4.79 Å². The van der Waals surface area contributed by atoms with Gasteiger partial charge in [-0.25, -0.2) is 0 Å². The molecule has 23 heavy (non-hydrogen) atoms. The molecule has 1 aromatic rings. The Morgan fingerprint density at radius 3 is 2.52 bits per heavy atom. The minimum Gasteiger partial charge on any atom is -0.466 e. The molecule has 3 N–H and O–H groups in total. The van der Waals surface area contributed by atoms with Crippen LogP contribution in [0.15, 0.2) is 30.3 Å². The summed E-state index contributed by atoms with van der Waals surface area (Å²) >= 11 is 4.77. The lowest BCUT2D eigenvalue weighted by Gasteiger charge is -2.45. The van der Waals surface area contributed by atoms with Crippen molar-refractivity contribution in [2.75, 3.05) is 6.61 Å². The van der Waals surface area contributed by atoms with Crippen LogP contribution in [0.25, 0.3) is 0 Å². The molecule has 0 spiro atoms. The van der Waals surface area contributed by atoms with Crippen LogP contribution in [0.2, 0.25) is 0 Å². The molecule has 5 nitrogen and oxygen atoms in total. The van der Waals surface area contributed by atoms with Crippen molar-refractivity contribution in [3.8, 4) is 0 Å². The zero-order valence-electron chi connectivity index (χ0n) is 12.1. The molecule has 1 aliphatic heterocycles. The van der Waals surface area contributed by atoms with Crippen LogP contribution >= 0.6 is 12.2 Å². The number of thiocarbonyl (C=S) groups is 1. The summed E-state index contributed by atoms with van der Waals surface area (Å²) in [6.45, 7) is 1.35. The zero-order chi connectivity index (χ0) is 17.3. The molecule has 0 aromatic heterocycles. The number of rotatable bonds is 3. The maximum atomic E-state index is 13.4. The number of ether oxygens (including phenoxy) is 1. The fourth-order valence-corrected chi connectivity index (χ4v) is 2.76. The third-order valence-corrected chi connectivity index (χ3v) is 3.73. The summed E-state index contributed by atoms with van der Waals surface area (Å²) in [6, 6.07) is 6.78. The van der Waals surface area contributed by atoms with E-state index in [4.69, 9.17) is 17.0 Å². The van der Waals surface area contributed by atoms with Crippen LogP contribution in [0.4, 0.5) is 13.2 Å². The van der Waals surface area contributed by atoms with Crippen molar-refractivity contribution in [3.63, 3.8) is 0 Å². The molecule has 0 aliphatic carbocycles.